The molecule has 0 saturated carbocycles. The summed E-state index contributed by atoms with van der Waals surface area (Å²) in [5.41, 5.74) is 1.07. The Bertz CT molecular complexity index is 247. The standard InChI is InChI=1S/C9H16ClN3/c1-8(5-10)6-11-7-9-3-4-13(2)12-9/h3-4,8,11H,5-7H2,1-2H3. The smallest absolute Gasteiger partial charge is 0.0762 e. The third kappa shape index (κ3) is 3.79. The fourth-order valence-electron chi connectivity index (χ4n) is 1.06. The molecule has 0 saturated heterocycles. The van der Waals surface area contributed by atoms with Crippen LogP contribution in [0.4, 0.5) is 0 Å². The Morgan fingerprint density at radius 3 is 3.00 bits per heavy atom. The van der Waals surface area contributed by atoms with Gasteiger partial charge in [0.2, 0.25) is 0 Å². The van der Waals surface area contributed by atoms with E-state index in [1.54, 1.807) is 0 Å². The second-order valence-corrected chi connectivity index (χ2v) is 3.68. The summed E-state index contributed by atoms with van der Waals surface area (Å²) < 4.78 is 1.81. The second-order valence-electron chi connectivity index (χ2n) is 3.37. The van der Waals surface area contributed by atoms with Crippen molar-refractivity contribution < 1.29 is 0 Å². The molecule has 0 aliphatic carbocycles. The first-order chi connectivity index (χ1) is 6.22. The number of hydrogen-bond acceptors (Lipinski definition) is 2. The third-order valence-electron chi connectivity index (χ3n) is 1.83. The van der Waals surface area contributed by atoms with E-state index >= 15 is 0 Å². The molecule has 0 fully saturated rings. The van der Waals surface area contributed by atoms with E-state index in [0.29, 0.717) is 11.8 Å². The highest BCUT2D eigenvalue weighted by atomic mass is 35.5. The zero-order valence-electron chi connectivity index (χ0n) is 8.13. The third-order valence-corrected chi connectivity index (χ3v) is 2.36. The van der Waals surface area contributed by atoms with Gasteiger partial charge < -0.3 is 5.32 Å². The van der Waals surface area contributed by atoms with Crippen molar-refractivity contribution in [2.75, 3.05) is 12.4 Å². The molecule has 0 aliphatic heterocycles. The van der Waals surface area contributed by atoms with Gasteiger partial charge >= 0.3 is 0 Å². The molecule has 1 aromatic rings. The van der Waals surface area contributed by atoms with Gasteiger partial charge in [0.05, 0.1) is 5.69 Å². The van der Waals surface area contributed by atoms with E-state index in [2.05, 4.69) is 17.3 Å². The predicted molar refractivity (Wildman–Crippen MR) is 54.8 cm³/mol. The molecule has 0 bridgehead atoms. The Kier molecular flexibility index (Phi) is 4.25. The summed E-state index contributed by atoms with van der Waals surface area (Å²) in [6, 6.07) is 2.01. The molecule has 3 nitrogen and oxygen atoms in total. The number of aryl methyl sites for hydroxylation is 1. The maximum absolute atomic E-state index is 5.68. The Balaban J connectivity index is 2.20. The number of alkyl halides is 1. The lowest BCUT2D eigenvalue weighted by atomic mass is 10.2. The van der Waals surface area contributed by atoms with Gasteiger partial charge in [0.1, 0.15) is 0 Å². The van der Waals surface area contributed by atoms with Crippen molar-refractivity contribution in [1.29, 1.82) is 0 Å². The van der Waals surface area contributed by atoms with Crippen LogP contribution in [0.3, 0.4) is 0 Å². The van der Waals surface area contributed by atoms with Gasteiger partial charge in [-0.25, -0.2) is 0 Å². The molecule has 74 valence electrons. The monoisotopic (exact) mass is 201 g/mol. The van der Waals surface area contributed by atoms with E-state index in [4.69, 9.17) is 11.6 Å². The lowest BCUT2D eigenvalue weighted by molar-refractivity contribution is 0.549. The van der Waals surface area contributed by atoms with E-state index in [-0.39, 0.29) is 0 Å². The van der Waals surface area contributed by atoms with Crippen molar-refractivity contribution in [3.8, 4) is 0 Å². The first-order valence-corrected chi connectivity index (χ1v) is 5.01. The van der Waals surface area contributed by atoms with E-state index in [0.717, 1.165) is 18.8 Å². The predicted octanol–water partition coefficient (Wildman–Crippen LogP) is 1.38. The summed E-state index contributed by atoms with van der Waals surface area (Å²) in [6.45, 7) is 3.89. The van der Waals surface area contributed by atoms with Crippen LogP contribution < -0.4 is 5.32 Å². The zero-order chi connectivity index (χ0) is 9.68. The summed E-state index contributed by atoms with van der Waals surface area (Å²) in [4.78, 5) is 0. The molecule has 1 atom stereocenters. The van der Waals surface area contributed by atoms with E-state index < -0.39 is 0 Å². The normalized spacial score (nSPS) is 13.2. The van der Waals surface area contributed by atoms with Crippen molar-refractivity contribution in [2.24, 2.45) is 13.0 Å². The second kappa shape index (κ2) is 5.25. The SMILES string of the molecule is CC(CCl)CNCc1ccn(C)n1. The minimum atomic E-state index is 0.519. The lowest BCUT2D eigenvalue weighted by Crippen LogP contribution is -2.21. The Hall–Kier alpha value is -0.540. The lowest BCUT2D eigenvalue weighted by Gasteiger charge is -2.07. The Morgan fingerprint density at radius 2 is 2.46 bits per heavy atom. The molecule has 13 heavy (non-hydrogen) atoms. The van der Waals surface area contributed by atoms with Crippen molar-refractivity contribution in [3.63, 3.8) is 0 Å². The average molecular weight is 202 g/mol. The van der Waals surface area contributed by atoms with Crippen LogP contribution in [0.2, 0.25) is 0 Å². The Morgan fingerprint density at radius 1 is 1.69 bits per heavy atom. The van der Waals surface area contributed by atoms with Crippen LogP contribution in [0.15, 0.2) is 12.3 Å². The maximum atomic E-state index is 5.68. The van der Waals surface area contributed by atoms with Crippen LogP contribution in [-0.4, -0.2) is 22.2 Å². The van der Waals surface area contributed by atoms with Crippen molar-refractivity contribution in [1.82, 2.24) is 15.1 Å². The van der Waals surface area contributed by atoms with Crippen molar-refractivity contribution >= 4 is 11.6 Å². The molecule has 1 aromatic heterocycles. The van der Waals surface area contributed by atoms with Gasteiger partial charge in [0, 0.05) is 25.7 Å². The molecule has 4 heteroatoms. The largest absolute Gasteiger partial charge is 0.311 e. The van der Waals surface area contributed by atoms with Crippen LogP contribution in [0, 0.1) is 5.92 Å². The molecule has 1 heterocycles. The molecule has 0 aliphatic rings. The minimum absolute atomic E-state index is 0.519. The number of rotatable bonds is 5. The van der Waals surface area contributed by atoms with Crippen LogP contribution in [0.1, 0.15) is 12.6 Å². The number of nitrogens with zero attached hydrogens (tertiary/aromatic N) is 2. The highest BCUT2D eigenvalue weighted by Gasteiger charge is 2.00. The van der Waals surface area contributed by atoms with E-state index in [9.17, 15) is 0 Å². The number of nitrogens with one attached hydrogen (secondary N) is 1. The van der Waals surface area contributed by atoms with Crippen LogP contribution in [0.25, 0.3) is 0 Å². The molecule has 0 aromatic carbocycles. The van der Waals surface area contributed by atoms with Gasteiger partial charge in [-0.3, -0.25) is 4.68 Å². The molecule has 1 unspecified atom stereocenters. The van der Waals surface area contributed by atoms with E-state index in [1.807, 2.05) is 24.0 Å². The van der Waals surface area contributed by atoms with E-state index in [1.165, 1.54) is 0 Å². The van der Waals surface area contributed by atoms with Crippen LogP contribution >= 0.6 is 11.6 Å². The summed E-state index contributed by atoms with van der Waals surface area (Å²) in [7, 11) is 1.92. The topological polar surface area (TPSA) is 29.9 Å². The summed E-state index contributed by atoms with van der Waals surface area (Å²) >= 11 is 5.68. The first kappa shape index (κ1) is 10.5. The van der Waals surface area contributed by atoms with Gasteiger partial charge in [0.15, 0.2) is 0 Å². The zero-order valence-corrected chi connectivity index (χ0v) is 8.88. The van der Waals surface area contributed by atoms with Crippen LogP contribution in [-0.2, 0) is 13.6 Å². The van der Waals surface area contributed by atoms with Gasteiger partial charge in [0.25, 0.3) is 0 Å². The molecule has 0 amide bonds. The quantitative estimate of drug-likeness (QED) is 0.730. The first-order valence-electron chi connectivity index (χ1n) is 4.47. The van der Waals surface area contributed by atoms with Crippen LogP contribution in [0.5, 0.6) is 0 Å². The van der Waals surface area contributed by atoms with Crippen molar-refractivity contribution in [3.05, 3.63) is 18.0 Å². The number of hydrogen-bond donors (Lipinski definition) is 1. The number of halogens is 1. The average Bonchev–Trinajstić information content (AvgIpc) is 2.51. The van der Waals surface area contributed by atoms with Crippen molar-refractivity contribution in [2.45, 2.75) is 13.5 Å². The van der Waals surface area contributed by atoms with Gasteiger partial charge in [-0.2, -0.15) is 5.10 Å². The maximum Gasteiger partial charge on any atom is 0.0762 e. The highest BCUT2D eigenvalue weighted by Crippen LogP contribution is 1.97. The van der Waals surface area contributed by atoms with Gasteiger partial charge in [-0.05, 0) is 18.5 Å². The fraction of sp³-hybridized carbons (Fsp3) is 0.667. The summed E-state index contributed by atoms with van der Waals surface area (Å²) in [5.74, 6) is 1.22. The minimum Gasteiger partial charge on any atom is -0.311 e. The molecule has 1 N–H and O–H groups in total. The molecular weight excluding hydrogens is 186 g/mol. The fourth-order valence-corrected chi connectivity index (χ4v) is 1.17. The molecular formula is C9H16ClN3. The molecule has 0 radical (unpaired) electrons. The number of aromatic nitrogens is 2. The van der Waals surface area contributed by atoms with Gasteiger partial charge in [-0.15, -0.1) is 11.6 Å². The summed E-state index contributed by atoms with van der Waals surface area (Å²) in [5, 5.41) is 7.56. The molecule has 0 spiro atoms. The highest BCUT2D eigenvalue weighted by molar-refractivity contribution is 6.18. The van der Waals surface area contributed by atoms with Gasteiger partial charge in [-0.1, -0.05) is 6.92 Å². The summed E-state index contributed by atoms with van der Waals surface area (Å²) in [6.07, 6.45) is 1.95. The Labute approximate surface area is 84.1 Å². The molecule has 1 rings (SSSR count).